The van der Waals surface area contributed by atoms with E-state index in [2.05, 4.69) is 0 Å². The zero-order chi connectivity index (χ0) is 52.2. The maximum Gasteiger partial charge on any atom is 0.305 e. The van der Waals surface area contributed by atoms with Crippen molar-refractivity contribution in [2.75, 3.05) is 13.2 Å². The summed E-state index contributed by atoms with van der Waals surface area (Å²) in [5.74, 6) is -0.399. The Balaban J connectivity index is 1.10. The molecule has 0 saturated carbocycles. The second-order valence-electron chi connectivity index (χ2n) is 18.6. The van der Waals surface area contributed by atoms with Gasteiger partial charge in [-0.25, -0.2) is 0 Å². The van der Waals surface area contributed by atoms with Gasteiger partial charge in [-0.05, 0) is 45.5 Å². The van der Waals surface area contributed by atoms with Crippen LogP contribution in [-0.4, -0.2) is 83.9 Å². The van der Waals surface area contributed by atoms with E-state index in [0.29, 0.717) is 4.90 Å². The molecular formula is C63H66O12S. The number of carbonyl (C=O) groups excluding carboxylic acids is 1. The summed E-state index contributed by atoms with van der Waals surface area (Å²) in [6, 6.07) is 68.3. The minimum absolute atomic E-state index is 0.153. The number of ether oxygens (including phenoxy) is 10. The Morgan fingerprint density at radius 1 is 0.382 bits per heavy atom. The van der Waals surface area contributed by atoms with Crippen LogP contribution in [0.25, 0.3) is 0 Å². The first kappa shape index (κ1) is 54.6. The van der Waals surface area contributed by atoms with E-state index in [1.807, 2.05) is 212 Å². The fourth-order valence-electron chi connectivity index (χ4n) is 9.22. The van der Waals surface area contributed by atoms with E-state index in [0.717, 1.165) is 33.4 Å². The molecule has 2 aliphatic heterocycles. The van der Waals surface area contributed by atoms with Gasteiger partial charge in [0, 0.05) is 11.3 Å². The normalized spacial score (nSPS) is 23.9. The Morgan fingerprint density at radius 2 is 0.697 bits per heavy atom. The number of hydrogen-bond donors (Lipinski definition) is 0. The maximum absolute atomic E-state index is 15.1. The second kappa shape index (κ2) is 28.8. The van der Waals surface area contributed by atoms with E-state index in [4.69, 9.17) is 47.4 Å². The average molecular weight is 1050 g/mol. The lowest BCUT2D eigenvalue weighted by molar-refractivity contribution is -0.336. The van der Waals surface area contributed by atoms with Crippen molar-refractivity contribution in [3.05, 3.63) is 246 Å². The molecule has 0 bridgehead atoms. The Bertz CT molecular complexity index is 2760. The first-order chi connectivity index (χ1) is 37.5. The van der Waals surface area contributed by atoms with Crippen LogP contribution >= 0.6 is 0 Å². The van der Waals surface area contributed by atoms with E-state index in [-0.39, 0.29) is 59.3 Å². The molecule has 13 heteroatoms. The van der Waals surface area contributed by atoms with E-state index < -0.39 is 77.3 Å². The van der Waals surface area contributed by atoms with Crippen molar-refractivity contribution in [1.29, 1.82) is 0 Å². The predicted molar refractivity (Wildman–Crippen MR) is 287 cm³/mol. The van der Waals surface area contributed by atoms with Crippen LogP contribution in [0.15, 0.2) is 217 Å². The Kier molecular flexibility index (Phi) is 20.7. The highest BCUT2D eigenvalue weighted by atomic mass is 32.2. The van der Waals surface area contributed by atoms with Gasteiger partial charge >= 0.3 is 5.97 Å². The molecule has 0 amide bonds. The number of benzene rings is 7. The zero-order valence-corrected chi connectivity index (χ0v) is 43.5. The molecule has 76 heavy (non-hydrogen) atoms. The summed E-state index contributed by atoms with van der Waals surface area (Å²) >= 11 is 0. The molecule has 5 unspecified atom stereocenters. The lowest BCUT2D eigenvalue weighted by Crippen LogP contribution is -2.64. The minimum atomic E-state index is -1.78. The van der Waals surface area contributed by atoms with Crippen LogP contribution in [0.3, 0.4) is 0 Å². The van der Waals surface area contributed by atoms with Crippen LogP contribution in [0, 0.1) is 0 Å². The lowest BCUT2D eigenvalue weighted by atomic mass is 9.97. The molecule has 7 aromatic rings. The fourth-order valence-corrected chi connectivity index (χ4v) is 10.6. The van der Waals surface area contributed by atoms with Crippen molar-refractivity contribution in [2.24, 2.45) is 0 Å². The molecule has 2 heterocycles. The lowest BCUT2D eigenvalue weighted by Gasteiger charge is -2.48. The molecule has 0 radical (unpaired) electrons. The standard InChI is InChI=1S/C63H66O12S/c1-2-55(64)66-44-53-56(67-38-46-24-10-3-11-25-46)58(69-40-48-28-14-5-15-29-48)60(71-42-50-32-18-7-19-33-50)62(74-53)73-45-54-57(68-39-47-26-12-4-13-27-47)59(70-41-49-30-16-6-17-31-49)61(72-43-51-34-20-8-21-35-51)63(75-54)76(65)52-36-22-9-23-37-52/h3-37,53-54,56-63H,2,38-45H2,1H3/t53?,54?,56-,57-,58-,59-,60?,61?,62+,63+,76?/m0/s1. The first-order valence-corrected chi connectivity index (χ1v) is 27.2. The van der Waals surface area contributed by atoms with Gasteiger partial charge in [-0.1, -0.05) is 207 Å². The van der Waals surface area contributed by atoms with Gasteiger partial charge in [0.1, 0.15) is 55.4 Å². The van der Waals surface area contributed by atoms with Crippen molar-refractivity contribution in [2.45, 2.75) is 118 Å². The third-order valence-electron chi connectivity index (χ3n) is 13.2. The van der Waals surface area contributed by atoms with Crippen molar-refractivity contribution >= 4 is 16.8 Å². The molecule has 0 spiro atoms. The second-order valence-corrected chi connectivity index (χ2v) is 20.2. The quantitative estimate of drug-likeness (QED) is 0.0479. The highest BCUT2D eigenvalue weighted by molar-refractivity contribution is 7.85. The van der Waals surface area contributed by atoms with Crippen LogP contribution in [0.1, 0.15) is 46.7 Å². The van der Waals surface area contributed by atoms with Crippen LogP contribution in [0.5, 0.6) is 0 Å². The van der Waals surface area contributed by atoms with Crippen LogP contribution in [0.4, 0.5) is 0 Å². The smallest absolute Gasteiger partial charge is 0.305 e. The Labute approximate surface area is 448 Å². The highest BCUT2D eigenvalue weighted by Gasteiger charge is 2.53. The van der Waals surface area contributed by atoms with Gasteiger partial charge in [-0.2, -0.15) is 0 Å². The average Bonchev–Trinajstić information content (AvgIpc) is 3.48. The van der Waals surface area contributed by atoms with Gasteiger partial charge in [0.25, 0.3) is 0 Å². The minimum Gasteiger partial charge on any atom is -0.463 e. The molecule has 2 aliphatic rings. The molecule has 11 atom stereocenters. The van der Waals surface area contributed by atoms with Crippen LogP contribution in [0.2, 0.25) is 0 Å². The van der Waals surface area contributed by atoms with Gasteiger partial charge in [-0.3, -0.25) is 9.00 Å². The molecule has 0 aliphatic carbocycles. The van der Waals surface area contributed by atoms with Gasteiger partial charge in [0.15, 0.2) is 11.7 Å². The maximum atomic E-state index is 15.1. The number of rotatable bonds is 26. The zero-order valence-electron chi connectivity index (χ0n) is 42.7. The van der Waals surface area contributed by atoms with E-state index in [1.54, 1.807) is 6.92 Å². The molecule has 2 saturated heterocycles. The summed E-state index contributed by atoms with van der Waals surface area (Å²) in [4.78, 5) is 13.5. The van der Waals surface area contributed by atoms with E-state index >= 15 is 4.21 Å². The number of hydrogen-bond acceptors (Lipinski definition) is 12. The first-order valence-electron chi connectivity index (χ1n) is 26.0. The van der Waals surface area contributed by atoms with Crippen LogP contribution < -0.4 is 0 Å². The van der Waals surface area contributed by atoms with Gasteiger partial charge < -0.3 is 47.4 Å². The van der Waals surface area contributed by atoms with Gasteiger partial charge in [0.2, 0.25) is 0 Å². The van der Waals surface area contributed by atoms with Crippen molar-refractivity contribution in [3.8, 4) is 0 Å². The molecule has 12 nitrogen and oxygen atoms in total. The summed E-state index contributed by atoms with van der Waals surface area (Å²) in [5, 5.41) is 0. The Morgan fingerprint density at radius 3 is 1.08 bits per heavy atom. The summed E-state index contributed by atoms with van der Waals surface area (Å²) in [6.45, 7) is 2.60. The summed E-state index contributed by atoms with van der Waals surface area (Å²) in [7, 11) is -1.78. The molecule has 7 aromatic carbocycles. The highest BCUT2D eigenvalue weighted by Crippen LogP contribution is 2.36. The molecule has 396 valence electrons. The number of carbonyl (C=O) groups is 1. The van der Waals surface area contributed by atoms with Crippen molar-refractivity contribution in [1.82, 2.24) is 0 Å². The topological polar surface area (TPSA) is 126 Å². The SMILES string of the molecule is CCC(=O)OCC1O[C@@H](OCC2O[C@H](S(=O)c3ccccc3)C(OCc3ccccc3)[C@@H](OCc3ccccc3)[C@H]2OCc2ccccc2)C(OCc2ccccc2)[C@@H](OCc2ccccc2)[C@H]1OCc1ccccc1. The largest absolute Gasteiger partial charge is 0.463 e. The Hall–Kier alpha value is -6.20. The van der Waals surface area contributed by atoms with Crippen molar-refractivity contribution < 1.29 is 56.4 Å². The fraction of sp³-hybridized carbons (Fsp3) is 0.317. The summed E-state index contributed by atoms with van der Waals surface area (Å²) in [5.41, 5.74) is 4.50. The third kappa shape index (κ3) is 15.5. The molecule has 2 fully saturated rings. The predicted octanol–water partition coefficient (Wildman–Crippen LogP) is 10.7. The van der Waals surface area contributed by atoms with Gasteiger partial charge in [-0.15, -0.1) is 0 Å². The van der Waals surface area contributed by atoms with E-state index in [1.165, 1.54) is 0 Å². The monoisotopic (exact) mass is 1050 g/mol. The molecule has 0 N–H and O–H groups in total. The molecule has 9 rings (SSSR count). The van der Waals surface area contributed by atoms with Gasteiger partial charge in [0.05, 0.1) is 57.0 Å². The van der Waals surface area contributed by atoms with Crippen LogP contribution in [-0.2, 0) is 103 Å². The summed E-state index contributed by atoms with van der Waals surface area (Å²) in [6.07, 6.45) is -7.95. The van der Waals surface area contributed by atoms with E-state index in [9.17, 15) is 4.79 Å². The summed E-state index contributed by atoms with van der Waals surface area (Å²) < 4.78 is 83.7. The molecule has 0 aromatic heterocycles. The molecular weight excluding hydrogens is 981 g/mol. The van der Waals surface area contributed by atoms with Crippen molar-refractivity contribution in [3.63, 3.8) is 0 Å². The third-order valence-corrected chi connectivity index (χ3v) is 14.7. The number of esters is 1.